The maximum atomic E-state index is 10.1. The van der Waals surface area contributed by atoms with E-state index in [0.29, 0.717) is 27.1 Å². The fourth-order valence-corrected chi connectivity index (χ4v) is 1.79. The van der Waals surface area contributed by atoms with Crippen LogP contribution < -0.4 is 0 Å². The number of aryl methyl sites for hydroxylation is 1. The molecule has 88 valence electrons. The van der Waals surface area contributed by atoms with Crippen molar-refractivity contribution in [3.63, 3.8) is 0 Å². The lowest BCUT2D eigenvalue weighted by Crippen LogP contribution is -2.04. The maximum absolute atomic E-state index is 10.1. The molecular formula is C12H10Cl2N2O. The van der Waals surface area contributed by atoms with Crippen LogP contribution in [-0.4, -0.2) is 15.1 Å². The average Bonchev–Trinajstić information content (AvgIpc) is 2.32. The topological polar surface area (TPSA) is 46.0 Å². The highest BCUT2D eigenvalue weighted by atomic mass is 35.5. The summed E-state index contributed by atoms with van der Waals surface area (Å²) in [6.45, 7) is 1.77. The van der Waals surface area contributed by atoms with Gasteiger partial charge in [0.15, 0.2) is 0 Å². The van der Waals surface area contributed by atoms with Crippen molar-refractivity contribution in [3.05, 3.63) is 57.6 Å². The Morgan fingerprint density at radius 3 is 2.59 bits per heavy atom. The first kappa shape index (κ1) is 12.3. The molecule has 0 saturated heterocycles. The van der Waals surface area contributed by atoms with Crippen LogP contribution in [0.3, 0.4) is 0 Å². The van der Waals surface area contributed by atoms with Crippen molar-refractivity contribution in [1.29, 1.82) is 0 Å². The predicted octanol–water partition coefficient (Wildman–Crippen LogP) is 3.17. The summed E-state index contributed by atoms with van der Waals surface area (Å²) in [6.07, 6.45) is 0.782. The molecule has 2 aromatic rings. The number of aromatic nitrogens is 2. The van der Waals surface area contributed by atoms with Crippen molar-refractivity contribution in [2.75, 3.05) is 0 Å². The van der Waals surface area contributed by atoms with E-state index < -0.39 is 6.10 Å². The van der Waals surface area contributed by atoms with Crippen LogP contribution in [0, 0.1) is 6.92 Å². The molecule has 0 fully saturated rings. The van der Waals surface area contributed by atoms with Gasteiger partial charge in [-0.1, -0.05) is 29.3 Å². The third kappa shape index (κ3) is 2.75. The zero-order valence-corrected chi connectivity index (χ0v) is 10.6. The molecule has 17 heavy (non-hydrogen) atoms. The molecule has 3 nitrogen and oxygen atoms in total. The Labute approximate surface area is 109 Å². The van der Waals surface area contributed by atoms with E-state index in [2.05, 4.69) is 9.97 Å². The van der Waals surface area contributed by atoms with Gasteiger partial charge in [0, 0.05) is 6.20 Å². The normalized spacial score (nSPS) is 12.5. The molecule has 1 heterocycles. The summed E-state index contributed by atoms with van der Waals surface area (Å²) < 4.78 is 0. The van der Waals surface area contributed by atoms with Crippen LogP contribution in [0.25, 0.3) is 0 Å². The van der Waals surface area contributed by atoms with E-state index in [9.17, 15) is 5.11 Å². The maximum Gasteiger partial charge on any atom is 0.125 e. The Balaban J connectivity index is 2.36. The first-order valence-corrected chi connectivity index (χ1v) is 5.76. The van der Waals surface area contributed by atoms with Crippen LogP contribution in [0.2, 0.25) is 10.0 Å². The molecule has 0 amide bonds. The lowest BCUT2D eigenvalue weighted by Gasteiger charge is -2.11. The number of hydrogen-bond donors (Lipinski definition) is 1. The second kappa shape index (κ2) is 5.00. The van der Waals surface area contributed by atoms with E-state index in [4.69, 9.17) is 23.2 Å². The van der Waals surface area contributed by atoms with Gasteiger partial charge in [0.2, 0.25) is 0 Å². The van der Waals surface area contributed by atoms with E-state index in [1.54, 1.807) is 37.4 Å². The molecule has 5 heteroatoms. The van der Waals surface area contributed by atoms with Crippen molar-refractivity contribution in [2.45, 2.75) is 13.0 Å². The summed E-state index contributed by atoms with van der Waals surface area (Å²) in [5.41, 5.74) is 1.19. The smallest absolute Gasteiger partial charge is 0.125 e. The summed E-state index contributed by atoms with van der Waals surface area (Å²) >= 11 is 11.7. The van der Waals surface area contributed by atoms with Gasteiger partial charge in [-0.15, -0.1) is 0 Å². The third-order valence-corrected chi connectivity index (χ3v) is 3.08. The molecule has 0 saturated carbocycles. The summed E-state index contributed by atoms with van der Waals surface area (Å²) in [6, 6.07) is 6.67. The molecule has 0 spiro atoms. The summed E-state index contributed by atoms with van der Waals surface area (Å²) in [5.74, 6) is 0.613. The number of nitrogens with zero attached hydrogens (tertiary/aromatic N) is 2. The highest BCUT2D eigenvalue weighted by Crippen LogP contribution is 2.27. The lowest BCUT2D eigenvalue weighted by atomic mass is 10.1. The van der Waals surface area contributed by atoms with Crippen LogP contribution in [-0.2, 0) is 0 Å². The van der Waals surface area contributed by atoms with Crippen LogP contribution in [0.4, 0.5) is 0 Å². The van der Waals surface area contributed by atoms with Gasteiger partial charge in [-0.05, 0) is 30.7 Å². The first-order valence-electron chi connectivity index (χ1n) is 5.00. The van der Waals surface area contributed by atoms with Crippen LogP contribution in [0.15, 0.2) is 30.5 Å². The van der Waals surface area contributed by atoms with Crippen molar-refractivity contribution in [2.24, 2.45) is 0 Å². The summed E-state index contributed by atoms with van der Waals surface area (Å²) in [7, 11) is 0. The molecule has 0 aliphatic carbocycles. The van der Waals surface area contributed by atoms with E-state index in [1.807, 2.05) is 0 Å². The van der Waals surface area contributed by atoms with E-state index >= 15 is 0 Å². The molecule has 0 radical (unpaired) electrons. The highest BCUT2D eigenvalue weighted by Gasteiger charge is 2.13. The average molecular weight is 269 g/mol. The Hall–Kier alpha value is -1.16. The second-order valence-electron chi connectivity index (χ2n) is 3.60. The monoisotopic (exact) mass is 268 g/mol. The SMILES string of the molecule is Cc1nccc(C(O)c2ccc(Cl)c(Cl)c2)n1. The van der Waals surface area contributed by atoms with E-state index in [1.165, 1.54) is 0 Å². The van der Waals surface area contributed by atoms with Gasteiger partial charge in [0.1, 0.15) is 11.9 Å². The largest absolute Gasteiger partial charge is 0.382 e. The number of hydrogen-bond acceptors (Lipinski definition) is 3. The number of aliphatic hydroxyl groups is 1. The zero-order chi connectivity index (χ0) is 12.4. The van der Waals surface area contributed by atoms with Crippen LogP contribution in [0.1, 0.15) is 23.2 Å². The van der Waals surface area contributed by atoms with Gasteiger partial charge in [0.05, 0.1) is 15.7 Å². The molecule has 1 aromatic carbocycles. The minimum absolute atomic E-state index is 0.411. The van der Waals surface area contributed by atoms with Crippen LogP contribution in [0.5, 0.6) is 0 Å². The first-order chi connectivity index (χ1) is 8.08. The van der Waals surface area contributed by atoms with Crippen molar-refractivity contribution >= 4 is 23.2 Å². The Bertz CT molecular complexity index is 546. The molecule has 1 N–H and O–H groups in total. The molecule has 2 rings (SSSR count). The zero-order valence-electron chi connectivity index (χ0n) is 9.06. The van der Waals surface area contributed by atoms with Crippen molar-refractivity contribution in [3.8, 4) is 0 Å². The standard InChI is InChI=1S/C12H10Cl2N2O/c1-7-15-5-4-11(16-7)12(17)8-2-3-9(13)10(14)6-8/h2-6,12,17H,1H3. The fourth-order valence-electron chi connectivity index (χ4n) is 1.48. The third-order valence-electron chi connectivity index (χ3n) is 2.34. The summed E-state index contributed by atoms with van der Waals surface area (Å²) in [5, 5.41) is 11.0. The minimum atomic E-state index is -0.827. The number of aliphatic hydroxyl groups excluding tert-OH is 1. The van der Waals surface area contributed by atoms with Gasteiger partial charge in [-0.25, -0.2) is 9.97 Å². The number of rotatable bonds is 2. The molecule has 1 atom stereocenters. The summed E-state index contributed by atoms with van der Waals surface area (Å²) in [4.78, 5) is 8.14. The molecule has 1 unspecified atom stereocenters. The molecule has 0 bridgehead atoms. The Morgan fingerprint density at radius 1 is 1.18 bits per heavy atom. The molecule has 0 aliphatic rings. The number of halogens is 2. The van der Waals surface area contributed by atoms with Crippen molar-refractivity contribution < 1.29 is 5.11 Å². The van der Waals surface area contributed by atoms with Crippen molar-refractivity contribution in [1.82, 2.24) is 9.97 Å². The van der Waals surface area contributed by atoms with Gasteiger partial charge < -0.3 is 5.11 Å². The van der Waals surface area contributed by atoms with Gasteiger partial charge in [0.25, 0.3) is 0 Å². The highest BCUT2D eigenvalue weighted by molar-refractivity contribution is 6.42. The Morgan fingerprint density at radius 2 is 1.94 bits per heavy atom. The fraction of sp³-hybridized carbons (Fsp3) is 0.167. The second-order valence-corrected chi connectivity index (χ2v) is 4.42. The number of benzene rings is 1. The molecular weight excluding hydrogens is 259 g/mol. The van der Waals surface area contributed by atoms with Gasteiger partial charge in [-0.2, -0.15) is 0 Å². The lowest BCUT2D eigenvalue weighted by molar-refractivity contribution is 0.215. The van der Waals surface area contributed by atoms with Crippen LogP contribution >= 0.6 is 23.2 Å². The minimum Gasteiger partial charge on any atom is -0.382 e. The Kier molecular flexibility index (Phi) is 3.62. The quantitative estimate of drug-likeness (QED) is 0.910. The predicted molar refractivity (Wildman–Crippen MR) is 67.3 cm³/mol. The van der Waals surface area contributed by atoms with Gasteiger partial charge >= 0.3 is 0 Å². The molecule has 1 aromatic heterocycles. The molecule has 0 aliphatic heterocycles. The van der Waals surface area contributed by atoms with Gasteiger partial charge in [-0.3, -0.25) is 0 Å². The van der Waals surface area contributed by atoms with E-state index in [0.717, 1.165) is 0 Å². The van der Waals surface area contributed by atoms with E-state index in [-0.39, 0.29) is 0 Å².